The van der Waals surface area contributed by atoms with Crippen molar-refractivity contribution < 1.29 is 8.42 Å². The van der Waals surface area contributed by atoms with Crippen LogP contribution in [0.2, 0.25) is 0 Å². The van der Waals surface area contributed by atoms with Gasteiger partial charge in [0.1, 0.15) is 0 Å². The SMILES string of the molecule is CSCCC(C)N(C)c1cccc(S(C)(=O)=O)c1N. The first-order valence-electron chi connectivity index (χ1n) is 6.09. The van der Waals surface area contributed by atoms with Crippen LogP contribution in [0.1, 0.15) is 13.3 Å². The summed E-state index contributed by atoms with van der Waals surface area (Å²) in [6, 6.07) is 5.46. The van der Waals surface area contributed by atoms with Crippen molar-refractivity contribution >= 4 is 33.0 Å². The molecule has 1 atom stereocenters. The van der Waals surface area contributed by atoms with Crippen LogP contribution in [-0.2, 0) is 9.84 Å². The van der Waals surface area contributed by atoms with E-state index < -0.39 is 9.84 Å². The summed E-state index contributed by atoms with van der Waals surface area (Å²) in [4.78, 5) is 2.24. The van der Waals surface area contributed by atoms with Gasteiger partial charge in [-0.1, -0.05) is 6.07 Å². The van der Waals surface area contributed by atoms with E-state index in [9.17, 15) is 8.42 Å². The smallest absolute Gasteiger partial charge is 0.177 e. The van der Waals surface area contributed by atoms with Crippen molar-refractivity contribution in [3.05, 3.63) is 18.2 Å². The van der Waals surface area contributed by atoms with Gasteiger partial charge < -0.3 is 10.6 Å². The van der Waals surface area contributed by atoms with E-state index in [1.807, 2.05) is 18.0 Å². The number of sulfone groups is 1. The zero-order valence-corrected chi connectivity index (χ0v) is 13.5. The zero-order chi connectivity index (χ0) is 14.6. The second kappa shape index (κ2) is 6.52. The van der Waals surface area contributed by atoms with Gasteiger partial charge in [0.05, 0.1) is 16.3 Å². The monoisotopic (exact) mass is 302 g/mol. The zero-order valence-electron chi connectivity index (χ0n) is 11.9. The van der Waals surface area contributed by atoms with E-state index in [2.05, 4.69) is 13.2 Å². The summed E-state index contributed by atoms with van der Waals surface area (Å²) in [7, 11) is -1.34. The second-order valence-corrected chi connectivity index (χ2v) is 7.67. The number of para-hydroxylation sites is 1. The predicted molar refractivity (Wildman–Crippen MR) is 84.8 cm³/mol. The van der Waals surface area contributed by atoms with Crippen LogP contribution in [0.4, 0.5) is 11.4 Å². The Hall–Kier alpha value is -0.880. The minimum absolute atomic E-state index is 0.203. The lowest BCUT2D eigenvalue weighted by molar-refractivity contribution is 0.602. The largest absolute Gasteiger partial charge is 0.396 e. The molecule has 0 heterocycles. The molecule has 0 fully saturated rings. The highest BCUT2D eigenvalue weighted by atomic mass is 32.2. The number of nitrogen functional groups attached to an aromatic ring is 1. The molecule has 1 unspecified atom stereocenters. The maximum atomic E-state index is 11.7. The van der Waals surface area contributed by atoms with Gasteiger partial charge in [0.15, 0.2) is 9.84 Å². The second-order valence-electron chi connectivity index (χ2n) is 4.70. The molecule has 0 aliphatic carbocycles. The van der Waals surface area contributed by atoms with E-state index in [-0.39, 0.29) is 4.90 Å². The number of hydrogen-bond donors (Lipinski definition) is 1. The molecule has 1 rings (SSSR count). The molecule has 0 radical (unpaired) electrons. The molecule has 4 nitrogen and oxygen atoms in total. The van der Waals surface area contributed by atoms with Gasteiger partial charge >= 0.3 is 0 Å². The Balaban J connectivity index is 3.08. The third-order valence-corrected chi connectivity index (χ3v) is 5.02. The van der Waals surface area contributed by atoms with Crippen LogP contribution in [0.5, 0.6) is 0 Å². The van der Waals surface area contributed by atoms with Crippen molar-refractivity contribution in [2.24, 2.45) is 0 Å². The molecule has 0 amide bonds. The third-order valence-electron chi connectivity index (χ3n) is 3.22. The quantitative estimate of drug-likeness (QED) is 0.817. The van der Waals surface area contributed by atoms with Crippen LogP contribution in [0.15, 0.2) is 23.1 Å². The summed E-state index contributed by atoms with van der Waals surface area (Å²) in [5, 5.41) is 0. The molecule has 108 valence electrons. The minimum Gasteiger partial charge on any atom is -0.396 e. The highest BCUT2D eigenvalue weighted by Gasteiger charge is 2.18. The first-order chi connectivity index (χ1) is 8.79. The molecule has 0 aromatic heterocycles. The minimum atomic E-state index is -3.29. The topological polar surface area (TPSA) is 63.4 Å². The van der Waals surface area contributed by atoms with Crippen LogP contribution in [0.25, 0.3) is 0 Å². The van der Waals surface area contributed by atoms with E-state index >= 15 is 0 Å². The third kappa shape index (κ3) is 4.04. The molecule has 1 aromatic carbocycles. The highest BCUT2D eigenvalue weighted by molar-refractivity contribution is 7.98. The van der Waals surface area contributed by atoms with Crippen molar-refractivity contribution in [2.45, 2.75) is 24.3 Å². The molecule has 6 heteroatoms. The number of rotatable bonds is 6. The Morgan fingerprint density at radius 1 is 1.42 bits per heavy atom. The summed E-state index contributed by atoms with van der Waals surface area (Å²) in [6.07, 6.45) is 4.28. The molecule has 0 aliphatic rings. The van der Waals surface area contributed by atoms with Gasteiger partial charge in [-0.05, 0) is 37.5 Å². The van der Waals surface area contributed by atoms with Gasteiger partial charge in [-0.3, -0.25) is 0 Å². The van der Waals surface area contributed by atoms with Crippen molar-refractivity contribution in [1.29, 1.82) is 0 Å². The Kier molecular flexibility index (Phi) is 5.55. The molecule has 0 bridgehead atoms. The summed E-state index contributed by atoms with van der Waals surface area (Å²) in [6.45, 7) is 2.11. The van der Waals surface area contributed by atoms with Gasteiger partial charge in [-0.25, -0.2) is 8.42 Å². The molecular weight excluding hydrogens is 280 g/mol. The van der Waals surface area contributed by atoms with Gasteiger partial charge in [-0.15, -0.1) is 0 Å². The van der Waals surface area contributed by atoms with Crippen LogP contribution in [0.3, 0.4) is 0 Å². The van der Waals surface area contributed by atoms with Crippen LogP contribution >= 0.6 is 11.8 Å². The van der Waals surface area contributed by atoms with E-state index in [1.54, 1.807) is 23.9 Å². The molecule has 0 saturated heterocycles. The average molecular weight is 302 g/mol. The van der Waals surface area contributed by atoms with Crippen molar-refractivity contribution in [3.8, 4) is 0 Å². The molecular formula is C13H22N2O2S2. The number of benzene rings is 1. The number of thioether (sulfide) groups is 1. The highest BCUT2D eigenvalue weighted by Crippen LogP contribution is 2.30. The summed E-state index contributed by atoms with van der Waals surface area (Å²) < 4.78 is 23.3. The molecule has 19 heavy (non-hydrogen) atoms. The van der Waals surface area contributed by atoms with Crippen LogP contribution < -0.4 is 10.6 Å². The lowest BCUT2D eigenvalue weighted by Crippen LogP contribution is -2.30. The first-order valence-corrected chi connectivity index (χ1v) is 9.38. The van der Waals surface area contributed by atoms with E-state index in [1.165, 1.54) is 6.26 Å². The van der Waals surface area contributed by atoms with Gasteiger partial charge in [-0.2, -0.15) is 11.8 Å². The van der Waals surface area contributed by atoms with Gasteiger partial charge in [0, 0.05) is 19.3 Å². The standard InChI is InChI=1S/C13H22N2O2S2/c1-10(8-9-18-3)15(2)11-6-5-7-12(13(11)14)19(4,16)17/h5-7,10H,8-9,14H2,1-4H3. The van der Waals surface area contributed by atoms with Gasteiger partial charge in [0.25, 0.3) is 0 Å². The van der Waals surface area contributed by atoms with E-state index in [0.717, 1.165) is 17.9 Å². The summed E-state index contributed by atoms with van der Waals surface area (Å²) >= 11 is 1.80. The van der Waals surface area contributed by atoms with E-state index in [0.29, 0.717) is 11.7 Å². The number of nitrogens with zero attached hydrogens (tertiary/aromatic N) is 1. The summed E-state index contributed by atoms with van der Waals surface area (Å²) in [5.41, 5.74) is 7.12. The van der Waals surface area contributed by atoms with Crippen LogP contribution in [-0.4, -0.2) is 39.8 Å². The fourth-order valence-corrected chi connectivity index (χ4v) is 3.29. The predicted octanol–water partition coefficient (Wildman–Crippen LogP) is 2.25. The van der Waals surface area contributed by atoms with Crippen molar-refractivity contribution in [3.63, 3.8) is 0 Å². The molecule has 2 N–H and O–H groups in total. The molecule has 0 saturated carbocycles. The van der Waals surface area contributed by atoms with Crippen molar-refractivity contribution in [1.82, 2.24) is 0 Å². The lowest BCUT2D eigenvalue weighted by atomic mass is 10.2. The summed E-state index contributed by atoms with van der Waals surface area (Å²) in [5.74, 6) is 1.07. The Morgan fingerprint density at radius 2 is 2.05 bits per heavy atom. The molecule has 0 aliphatic heterocycles. The van der Waals surface area contributed by atoms with Crippen LogP contribution in [0, 0.1) is 0 Å². The maximum absolute atomic E-state index is 11.7. The molecule has 0 spiro atoms. The fourth-order valence-electron chi connectivity index (χ4n) is 1.88. The Morgan fingerprint density at radius 3 is 2.58 bits per heavy atom. The Bertz CT molecular complexity index is 529. The number of hydrogen-bond acceptors (Lipinski definition) is 5. The number of anilines is 2. The maximum Gasteiger partial charge on any atom is 0.177 e. The lowest BCUT2D eigenvalue weighted by Gasteiger charge is -2.28. The normalized spacial score (nSPS) is 13.3. The Labute approximate surface area is 120 Å². The number of nitrogens with two attached hydrogens (primary N) is 1. The first kappa shape index (κ1) is 16.2. The average Bonchev–Trinajstić information content (AvgIpc) is 2.34. The fraction of sp³-hybridized carbons (Fsp3) is 0.538. The van der Waals surface area contributed by atoms with Gasteiger partial charge in [0.2, 0.25) is 0 Å². The van der Waals surface area contributed by atoms with Crippen molar-refractivity contribution in [2.75, 3.05) is 35.9 Å². The molecule has 1 aromatic rings. The van der Waals surface area contributed by atoms with E-state index in [4.69, 9.17) is 5.73 Å².